The van der Waals surface area contributed by atoms with Gasteiger partial charge in [0, 0.05) is 12.1 Å². The molecule has 0 unspecified atom stereocenters. The summed E-state index contributed by atoms with van der Waals surface area (Å²) in [4.78, 5) is 33.3. The lowest BCUT2D eigenvalue weighted by Gasteiger charge is -2.18. The molecule has 8 heteroatoms. The van der Waals surface area contributed by atoms with Gasteiger partial charge in [-0.2, -0.15) is 0 Å². The van der Waals surface area contributed by atoms with Crippen molar-refractivity contribution in [3.05, 3.63) is 24.2 Å². The van der Waals surface area contributed by atoms with E-state index in [1.165, 1.54) is 12.5 Å². The predicted molar refractivity (Wildman–Crippen MR) is 57.8 cm³/mol. The van der Waals surface area contributed by atoms with Crippen LogP contribution in [0.25, 0.3) is 0 Å². The largest absolute Gasteiger partial charge is 0.480 e. The van der Waals surface area contributed by atoms with Gasteiger partial charge in [0.1, 0.15) is 13.1 Å². The highest BCUT2D eigenvalue weighted by Crippen LogP contribution is 1.99. The molecule has 98 valence electrons. The third-order valence-corrected chi connectivity index (χ3v) is 1.96. The summed E-state index contributed by atoms with van der Waals surface area (Å²) >= 11 is 0. The predicted octanol–water partition coefficient (Wildman–Crippen LogP) is -0.0396. The van der Waals surface area contributed by atoms with Gasteiger partial charge in [-0.25, -0.2) is 4.79 Å². The summed E-state index contributed by atoms with van der Waals surface area (Å²) in [5.41, 5.74) is 0.689. The molecule has 0 aliphatic carbocycles. The van der Waals surface area contributed by atoms with Gasteiger partial charge in [-0.05, 0) is 6.07 Å². The van der Waals surface area contributed by atoms with Gasteiger partial charge >= 0.3 is 18.0 Å². The lowest BCUT2D eigenvalue weighted by atomic mass is 10.3. The highest BCUT2D eigenvalue weighted by Gasteiger charge is 2.19. The molecule has 0 saturated carbocycles. The summed E-state index contributed by atoms with van der Waals surface area (Å²) in [6.07, 6.45) is 2.84. The monoisotopic (exact) mass is 256 g/mol. The molecule has 2 amide bonds. The standard InChI is InChI=1S/C10H12N2O6/c13-8(14)4-12(5-9(15)16)10(17)11-3-7-1-2-18-6-7/h1-2,6H,3-5H2,(H,11,17)(H,13,14)(H,15,16). The number of aliphatic carboxylic acids is 2. The van der Waals surface area contributed by atoms with Gasteiger partial charge in [-0.15, -0.1) is 0 Å². The Labute approximate surface area is 102 Å². The number of rotatable bonds is 6. The number of carboxylic acid groups (broad SMARTS) is 2. The topological polar surface area (TPSA) is 120 Å². The van der Waals surface area contributed by atoms with E-state index >= 15 is 0 Å². The van der Waals surface area contributed by atoms with Crippen LogP contribution in [0.5, 0.6) is 0 Å². The molecule has 0 aliphatic rings. The Hall–Kier alpha value is -2.51. The summed E-state index contributed by atoms with van der Waals surface area (Å²) in [6, 6.07) is 0.861. The number of carbonyl (C=O) groups excluding carboxylic acids is 1. The SMILES string of the molecule is O=C(O)CN(CC(=O)O)C(=O)NCc1ccoc1. The number of nitrogens with zero attached hydrogens (tertiary/aromatic N) is 1. The van der Waals surface area contributed by atoms with E-state index in [0.29, 0.717) is 10.5 Å². The third kappa shape index (κ3) is 4.56. The molecule has 0 bridgehead atoms. The van der Waals surface area contributed by atoms with Gasteiger partial charge < -0.3 is 24.8 Å². The highest BCUT2D eigenvalue weighted by atomic mass is 16.4. The molecule has 18 heavy (non-hydrogen) atoms. The van der Waals surface area contributed by atoms with Crippen LogP contribution in [0, 0.1) is 0 Å². The Kier molecular flexibility index (Phi) is 4.73. The number of carboxylic acids is 2. The number of amides is 2. The maximum Gasteiger partial charge on any atom is 0.323 e. The van der Waals surface area contributed by atoms with Gasteiger partial charge in [0.25, 0.3) is 0 Å². The van der Waals surface area contributed by atoms with Crippen LogP contribution < -0.4 is 5.32 Å². The van der Waals surface area contributed by atoms with Crippen LogP contribution in [0.1, 0.15) is 5.56 Å². The summed E-state index contributed by atoms with van der Waals surface area (Å²) in [5.74, 6) is -2.57. The number of nitrogens with one attached hydrogen (secondary N) is 1. The number of furan rings is 1. The van der Waals surface area contributed by atoms with E-state index in [2.05, 4.69) is 5.32 Å². The smallest absolute Gasteiger partial charge is 0.323 e. The molecule has 0 radical (unpaired) electrons. The Morgan fingerprint density at radius 1 is 1.22 bits per heavy atom. The summed E-state index contributed by atoms with van der Waals surface area (Å²) in [5, 5.41) is 19.5. The van der Waals surface area contributed by atoms with Crippen molar-refractivity contribution in [3.63, 3.8) is 0 Å². The molecule has 1 heterocycles. The Morgan fingerprint density at radius 3 is 2.28 bits per heavy atom. The van der Waals surface area contributed by atoms with Gasteiger partial charge in [0.2, 0.25) is 0 Å². The van der Waals surface area contributed by atoms with Crippen LogP contribution in [-0.4, -0.2) is 46.2 Å². The van der Waals surface area contributed by atoms with Crippen molar-refractivity contribution in [1.29, 1.82) is 0 Å². The van der Waals surface area contributed by atoms with Gasteiger partial charge in [-0.1, -0.05) is 0 Å². The molecule has 0 spiro atoms. The van der Waals surface area contributed by atoms with Crippen molar-refractivity contribution in [3.8, 4) is 0 Å². The number of urea groups is 1. The van der Waals surface area contributed by atoms with Crippen LogP contribution in [0.4, 0.5) is 4.79 Å². The van der Waals surface area contributed by atoms with Crippen molar-refractivity contribution in [2.45, 2.75) is 6.54 Å². The van der Waals surface area contributed by atoms with Crippen LogP contribution >= 0.6 is 0 Å². The van der Waals surface area contributed by atoms with E-state index in [9.17, 15) is 14.4 Å². The highest BCUT2D eigenvalue weighted by molar-refractivity contribution is 5.84. The Morgan fingerprint density at radius 2 is 1.83 bits per heavy atom. The van der Waals surface area contributed by atoms with E-state index in [1.54, 1.807) is 6.07 Å². The molecular formula is C10H12N2O6. The van der Waals surface area contributed by atoms with Gasteiger partial charge in [-0.3, -0.25) is 9.59 Å². The average Bonchev–Trinajstić information content (AvgIpc) is 2.76. The van der Waals surface area contributed by atoms with Crippen molar-refractivity contribution in [1.82, 2.24) is 10.2 Å². The molecular weight excluding hydrogens is 244 g/mol. The zero-order valence-electron chi connectivity index (χ0n) is 9.33. The lowest BCUT2D eigenvalue weighted by Crippen LogP contribution is -2.45. The minimum atomic E-state index is -1.28. The Bertz CT molecular complexity index is 412. The molecule has 0 aliphatic heterocycles. The first-order chi connectivity index (χ1) is 8.49. The number of carbonyl (C=O) groups is 3. The zero-order chi connectivity index (χ0) is 13.5. The van der Waals surface area contributed by atoms with E-state index in [0.717, 1.165) is 0 Å². The first-order valence-corrected chi connectivity index (χ1v) is 4.96. The summed E-state index contributed by atoms with van der Waals surface area (Å²) in [7, 11) is 0. The lowest BCUT2D eigenvalue weighted by molar-refractivity contribution is -0.140. The molecule has 1 aromatic heterocycles. The molecule has 0 fully saturated rings. The summed E-state index contributed by atoms with van der Waals surface area (Å²) in [6.45, 7) is -1.22. The van der Waals surface area contributed by atoms with Crippen molar-refractivity contribution >= 4 is 18.0 Å². The number of hydrogen-bond acceptors (Lipinski definition) is 4. The molecule has 0 saturated heterocycles. The van der Waals surface area contributed by atoms with Crippen LogP contribution in [0.3, 0.4) is 0 Å². The van der Waals surface area contributed by atoms with Crippen LogP contribution in [0.15, 0.2) is 23.0 Å². The second-order valence-corrected chi connectivity index (χ2v) is 3.43. The quantitative estimate of drug-likeness (QED) is 0.656. The molecule has 3 N–H and O–H groups in total. The number of hydrogen-bond donors (Lipinski definition) is 3. The summed E-state index contributed by atoms with van der Waals surface area (Å²) < 4.78 is 4.78. The Balaban J connectivity index is 2.52. The molecule has 0 atom stereocenters. The zero-order valence-corrected chi connectivity index (χ0v) is 9.33. The van der Waals surface area contributed by atoms with Crippen molar-refractivity contribution in [2.75, 3.05) is 13.1 Å². The van der Waals surface area contributed by atoms with Crippen LogP contribution in [-0.2, 0) is 16.1 Å². The fraction of sp³-hybridized carbons (Fsp3) is 0.300. The fourth-order valence-electron chi connectivity index (χ4n) is 1.21. The second-order valence-electron chi connectivity index (χ2n) is 3.43. The van der Waals surface area contributed by atoms with Gasteiger partial charge in [0.05, 0.1) is 12.5 Å². The van der Waals surface area contributed by atoms with E-state index < -0.39 is 31.1 Å². The minimum absolute atomic E-state index is 0.130. The van der Waals surface area contributed by atoms with Crippen LogP contribution in [0.2, 0.25) is 0 Å². The third-order valence-electron chi connectivity index (χ3n) is 1.96. The molecule has 1 aromatic rings. The second kappa shape index (κ2) is 6.28. The molecule has 1 rings (SSSR count). The average molecular weight is 256 g/mol. The maximum absolute atomic E-state index is 11.6. The first kappa shape index (κ1) is 13.6. The van der Waals surface area contributed by atoms with E-state index in [1.807, 2.05) is 0 Å². The first-order valence-electron chi connectivity index (χ1n) is 4.96. The normalized spacial score (nSPS) is 9.78. The molecule has 0 aromatic carbocycles. The molecule has 8 nitrogen and oxygen atoms in total. The van der Waals surface area contributed by atoms with E-state index in [-0.39, 0.29) is 6.54 Å². The minimum Gasteiger partial charge on any atom is -0.480 e. The maximum atomic E-state index is 11.6. The van der Waals surface area contributed by atoms with Gasteiger partial charge in [0.15, 0.2) is 0 Å². The van der Waals surface area contributed by atoms with Crippen molar-refractivity contribution < 1.29 is 29.0 Å². The fourth-order valence-corrected chi connectivity index (χ4v) is 1.21. The van der Waals surface area contributed by atoms with E-state index in [4.69, 9.17) is 14.6 Å². The van der Waals surface area contributed by atoms with Crippen molar-refractivity contribution in [2.24, 2.45) is 0 Å².